The minimum absolute atomic E-state index is 0.0376. The van der Waals surface area contributed by atoms with Gasteiger partial charge in [-0.2, -0.15) is 10.4 Å². The lowest BCUT2D eigenvalue weighted by atomic mass is 9.94. The van der Waals surface area contributed by atoms with E-state index in [1.807, 2.05) is 36.9 Å². The zero-order valence-electron chi connectivity index (χ0n) is 15.5. The van der Waals surface area contributed by atoms with Crippen molar-refractivity contribution in [3.63, 3.8) is 0 Å². The molecule has 2 heterocycles. The Hall–Kier alpha value is -3.01. The number of anilines is 2. The summed E-state index contributed by atoms with van der Waals surface area (Å²) in [7, 11) is 0. The second kappa shape index (κ2) is 8.12. The van der Waals surface area contributed by atoms with Crippen LogP contribution in [0.3, 0.4) is 0 Å². The highest BCUT2D eigenvalue weighted by atomic mass is 19.1. The number of carbonyl (C=O) groups is 1. The van der Waals surface area contributed by atoms with Crippen molar-refractivity contribution in [1.29, 1.82) is 5.26 Å². The van der Waals surface area contributed by atoms with Crippen LogP contribution in [0.15, 0.2) is 30.3 Å². The highest BCUT2D eigenvalue weighted by Crippen LogP contribution is 2.28. The van der Waals surface area contributed by atoms with Crippen LogP contribution in [0.5, 0.6) is 0 Å². The maximum absolute atomic E-state index is 14.2. The van der Waals surface area contributed by atoms with E-state index in [1.54, 1.807) is 17.0 Å². The van der Waals surface area contributed by atoms with Gasteiger partial charge in [0, 0.05) is 25.6 Å². The Balaban J connectivity index is 1.67. The Kier molecular flexibility index (Phi) is 5.65. The van der Waals surface area contributed by atoms with E-state index in [1.165, 1.54) is 6.07 Å². The third kappa shape index (κ3) is 4.05. The van der Waals surface area contributed by atoms with Gasteiger partial charge >= 0.3 is 0 Å². The summed E-state index contributed by atoms with van der Waals surface area (Å²) in [4.78, 5) is 16.5. The minimum Gasteiger partial charge on any atom is -0.369 e. The van der Waals surface area contributed by atoms with Gasteiger partial charge in [-0.15, -0.1) is 5.10 Å². The van der Waals surface area contributed by atoms with Gasteiger partial charge in [-0.1, -0.05) is 0 Å². The lowest BCUT2D eigenvalue weighted by Gasteiger charge is -2.35. The summed E-state index contributed by atoms with van der Waals surface area (Å²) >= 11 is 0. The molecule has 7 heteroatoms. The van der Waals surface area contributed by atoms with Crippen LogP contribution in [0.25, 0.3) is 0 Å². The van der Waals surface area contributed by atoms with Crippen molar-refractivity contribution >= 4 is 17.4 Å². The second-order valence-corrected chi connectivity index (χ2v) is 6.65. The first-order valence-corrected chi connectivity index (χ1v) is 9.09. The Morgan fingerprint density at radius 1 is 1.30 bits per heavy atom. The molecule has 0 bridgehead atoms. The standard InChI is InChI=1S/C20H22FN5O/c1-3-26(19-7-4-14(2)23-24-19)20(27)16-8-10-25(11-9-16)18-6-5-15(13-22)12-17(18)21/h4-7,12,16H,3,8-11H2,1-2H3. The molecular formula is C20H22FN5O. The molecule has 1 saturated heterocycles. The molecule has 0 N–H and O–H groups in total. The molecule has 1 aliphatic heterocycles. The van der Waals surface area contributed by atoms with Gasteiger partial charge in [0.05, 0.1) is 23.0 Å². The summed E-state index contributed by atoms with van der Waals surface area (Å²) in [6.45, 7) is 5.49. The predicted octanol–water partition coefficient (Wildman–Crippen LogP) is 3.07. The number of rotatable bonds is 4. The summed E-state index contributed by atoms with van der Waals surface area (Å²) in [5, 5.41) is 17.0. The van der Waals surface area contributed by atoms with Crippen LogP contribution in [-0.4, -0.2) is 35.7 Å². The Morgan fingerprint density at radius 2 is 2.04 bits per heavy atom. The number of hydrogen-bond acceptors (Lipinski definition) is 5. The van der Waals surface area contributed by atoms with Gasteiger partial charge in [0.1, 0.15) is 5.82 Å². The van der Waals surface area contributed by atoms with Crippen molar-refractivity contribution in [1.82, 2.24) is 10.2 Å². The van der Waals surface area contributed by atoms with Crippen LogP contribution in [0.4, 0.5) is 15.9 Å². The third-order valence-electron chi connectivity index (χ3n) is 4.90. The lowest BCUT2D eigenvalue weighted by molar-refractivity contribution is -0.123. The van der Waals surface area contributed by atoms with Crippen molar-refractivity contribution in [3.05, 3.63) is 47.4 Å². The van der Waals surface area contributed by atoms with Gasteiger partial charge in [-0.25, -0.2) is 4.39 Å². The van der Waals surface area contributed by atoms with E-state index in [4.69, 9.17) is 5.26 Å². The van der Waals surface area contributed by atoms with Crippen LogP contribution in [0.2, 0.25) is 0 Å². The maximum atomic E-state index is 14.2. The average Bonchev–Trinajstić information content (AvgIpc) is 2.70. The third-order valence-corrected chi connectivity index (χ3v) is 4.90. The number of nitrogens with zero attached hydrogens (tertiary/aromatic N) is 5. The number of nitriles is 1. The molecule has 0 radical (unpaired) electrons. The molecule has 6 nitrogen and oxygen atoms in total. The first-order chi connectivity index (χ1) is 13.0. The van der Waals surface area contributed by atoms with Gasteiger partial charge in [-0.05, 0) is 57.0 Å². The van der Waals surface area contributed by atoms with Crippen LogP contribution < -0.4 is 9.80 Å². The topological polar surface area (TPSA) is 73.1 Å². The summed E-state index contributed by atoms with van der Waals surface area (Å²) in [6.07, 6.45) is 1.29. The number of benzene rings is 1. The van der Waals surface area contributed by atoms with E-state index in [9.17, 15) is 9.18 Å². The molecule has 1 amide bonds. The molecule has 2 aromatic rings. The van der Waals surface area contributed by atoms with Crippen LogP contribution in [0.1, 0.15) is 31.0 Å². The molecule has 0 atom stereocenters. The highest BCUT2D eigenvalue weighted by Gasteiger charge is 2.30. The van der Waals surface area contributed by atoms with E-state index in [2.05, 4.69) is 10.2 Å². The monoisotopic (exact) mass is 367 g/mol. The zero-order chi connectivity index (χ0) is 19.4. The number of aryl methyl sites for hydroxylation is 1. The van der Waals surface area contributed by atoms with Crippen molar-refractivity contribution in [2.24, 2.45) is 5.92 Å². The number of halogens is 1. The number of amides is 1. The quantitative estimate of drug-likeness (QED) is 0.830. The molecule has 1 aliphatic rings. The molecule has 1 fully saturated rings. The van der Waals surface area contributed by atoms with Gasteiger partial charge in [0.15, 0.2) is 5.82 Å². The Morgan fingerprint density at radius 3 is 2.59 bits per heavy atom. The lowest BCUT2D eigenvalue weighted by Crippen LogP contribution is -2.43. The van der Waals surface area contributed by atoms with Crippen LogP contribution in [-0.2, 0) is 4.79 Å². The highest BCUT2D eigenvalue weighted by molar-refractivity contribution is 5.94. The largest absolute Gasteiger partial charge is 0.369 e. The zero-order valence-corrected chi connectivity index (χ0v) is 15.5. The van der Waals surface area contributed by atoms with Crippen molar-refractivity contribution in [2.45, 2.75) is 26.7 Å². The molecular weight excluding hydrogens is 345 g/mol. The number of piperidine rings is 1. The Labute approximate surface area is 158 Å². The minimum atomic E-state index is -0.399. The van der Waals surface area contributed by atoms with Crippen molar-refractivity contribution < 1.29 is 9.18 Å². The van der Waals surface area contributed by atoms with Crippen LogP contribution >= 0.6 is 0 Å². The number of hydrogen-bond donors (Lipinski definition) is 0. The molecule has 1 aromatic carbocycles. The summed E-state index contributed by atoms with van der Waals surface area (Å²) in [6, 6.07) is 10.1. The summed E-state index contributed by atoms with van der Waals surface area (Å²) < 4.78 is 14.2. The first-order valence-electron chi connectivity index (χ1n) is 9.09. The van der Waals surface area contributed by atoms with E-state index in [-0.39, 0.29) is 11.8 Å². The summed E-state index contributed by atoms with van der Waals surface area (Å²) in [5.41, 5.74) is 1.59. The SMILES string of the molecule is CCN(C(=O)C1CCN(c2ccc(C#N)cc2F)CC1)c1ccc(C)nn1. The number of aromatic nitrogens is 2. The first kappa shape index (κ1) is 18.8. The molecule has 0 unspecified atom stereocenters. The van der Waals surface area contributed by atoms with Gasteiger partial charge in [0.2, 0.25) is 5.91 Å². The molecule has 0 spiro atoms. The Bertz CT molecular complexity index is 854. The molecule has 27 heavy (non-hydrogen) atoms. The fourth-order valence-corrected chi connectivity index (χ4v) is 3.39. The van der Waals surface area contributed by atoms with E-state index >= 15 is 0 Å². The fraction of sp³-hybridized carbons (Fsp3) is 0.400. The van der Waals surface area contributed by atoms with Crippen LogP contribution in [0, 0.1) is 30.0 Å². The fourth-order valence-electron chi connectivity index (χ4n) is 3.39. The summed E-state index contributed by atoms with van der Waals surface area (Å²) in [5.74, 6) is 0.0824. The molecule has 0 saturated carbocycles. The van der Waals surface area contributed by atoms with Gasteiger partial charge in [-0.3, -0.25) is 9.69 Å². The number of carbonyl (C=O) groups excluding carboxylic acids is 1. The van der Waals surface area contributed by atoms with E-state index in [0.29, 0.717) is 49.5 Å². The maximum Gasteiger partial charge on any atom is 0.231 e. The molecule has 3 rings (SSSR count). The molecule has 140 valence electrons. The van der Waals surface area contributed by atoms with Gasteiger partial charge < -0.3 is 4.90 Å². The smallest absolute Gasteiger partial charge is 0.231 e. The van der Waals surface area contributed by atoms with E-state index < -0.39 is 5.82 Å². The molecule has 0 aliphatic carbocycles. The van der Waals surface area contributed by atoms with Crippen molar-refractivity contribution in [2.75, 3.05) is 29.4 Å². The average molecular weight is 367 g/mol. The second-order valence-electron chi connectivity index (χ2n) is 6.65. The molecule has 1 aromatic heterocycles. The van der Waals surface area contributed by atoms with Crippen molar-refractivity contribution in [3.8, 4) is 6.07 Å². The predicted molar refractivity (Wildman–Crippen MR) is 101 cm³/mol. The normalized spacial score (nSPS) is 14.7. The van der Waals surface area contributed by atoms with E-state index in [0.717, 1.165) is 5.69 Å². The van der Waals surface area contributed by atoms with Gasteiger partial charge in [0.25, 0.3) is 0 Å².